The van der Waals surface area contributed by atoms with Gasteiger partial charge >= 0.3 is 5.97 Å². The third kappa shape index (κ3) is 1.58. The Hall–Kier alpha value is -1.32. The largest absolute Gasteiger partial charge is 0.468 e. The van der Waals surface area contributed by atoms with E-state index in [2.05, 4.69) is 14.7 Å². The van der Waals surface area contributed by atoms with Crippen molar-refractivity contribution >= 4 is 5.97 Å². The van der Waals surface area contributed by atoms with Crippen molar-refractivity contribution < 1.29 is 9.53 Å². The second kappa shape index (κ2) is 3.18. The summed E-state index contributed by atoms with van der Waals surface area (Å²) in [6.07, 6.45) is 3.28. The zero-order chi connectivity index (χ0) is 8.27. The van der Waals surface area contributed by atoms with Gasteiger partial charge in [-0.1, -0.05) is 0 Å². The normalized spacial score (nSPS) is 12.5. The Kier molecular flexibility index (Phi) is 2.25. The number of ether oxygens (including phenoxy) is 1. The van der Waals surface area contributed by atoms with Gasteiger partial charge in [0.15, 0.2) is 0 Å². The summed E-state index contributed by atoms with van der Waals surface area (Å²) >= 11 is 0. The second-order valence-electron chi connectivity index (χ2n) is 2.22. The van der Waals surface area contributed by atoms with Crippen molar-refractivity contribution in [2.45, 2.75) is 12.8 Å². The average Bonchev–Trinajstić information content (AvgIpc) is 2.53. The van der Waals surface area contributed by atoms with Gasteiger partial charge < -0.3 is 9.72 Å². The van der Waals surface area contributed by atoms with Crippen LogP contribution in [0, 0.1) is 0 Å². The number of rotatable bonds is 2. The lowest BCUT2D eigenvalue weighted by Gasteiger charge is -2.04. The summed E-state index contributed by atoms with van der Waals surface area (Å²) in [4.78, 5) is 17.7. The van der Waals surface area contributed by atoms with E-state index >= 15 is 0 Å². The number of nitrogens with zero attached hydrogens (tertiary/aromatic N) is 1. The molecule has 1 aromatic rings. The number of methoxy groups -OCH3 is 1. The lowest BCUT2D eigenvalue weighted by molar-refractivity contribution is -0.142. The molecule has 0 saturated heterocycles. The first-order chi connectivity index (χ1) is 5.25. The zero-order valence-electron chi connectivity index (χ0n) is 6.50. The number of esters is 1. The van der Waals surface area contributed by atoms with Gasteiger partial charge in [-0.3, -0.25) is 4.79 Å². The van der Waals surface area contributed by atoms with Crippen LogP contribution >= 0.6 is 0 Å². The van der Waals surface area contributed by atoms with Gasteiger partial charge in [-0.05, 0) is 6.92 Å². The van der Waals surface area contributed by atoms with Crippen LogP contribution in [0.1, 0.15) is 18.7 Å². The van der Waals surface area contributed by atoms with Crippen molar-refractivity contribution in [3.8, 4) is 0 Å². The number of H-pyrrole nitrogens is 1. The van der Waals surface area contributed by atoms with Crippen LogP contribution < -0.4 is 0 Å². The van der Waals surface area contributed by atoms with E-state index < -0.39 is 0 Å². The first-order valence-electron chi connectivity index (χ1n) is 3.33. The molecule has 0 spiro atoms. The van der Waals surface area contributed by atoms with Crippen LogP contribution in [0.3, 0.4) is 0 Å². The molecule has 0 fully saturated rings. The van der Waals surface area contributed by atoms with E-state index in [9.17, 15) is 4.79 Å². The summed E-state index contributed by atoms with van der Waals surface area (Å²) in [6, 6.07) is 0. The van der Waals surface area contributed by atoms with Gasteiger partial charge in [0.25, 0.3) is 0 Å². The Labute approximate surface area is 64.6 Å². The Morgan fingerprint density at radius 2 is 2.55 bits per heavy atom. The Morgan fingerprint density at radius 3 is 3.00 bits per heavy atom. The van der Waals surface area contributed by atoms with Crippen LogP contribution in [-0.2, 0) is 9.53 Å². The lowest BCUT2D eigenvalue weighted by atomic mass is 10.2. The maximum absolute atomic E-state index is 10.9. The van der Waals surface area contributed by atoms with E-state index in [0.29, 0.717) is 5.82 Å². The Balaban J connectivity index is 2.70. The minimum atomic E-state index is -0.310. The minimum absolute atomic E-state index is 0.278. The van der Waals surface area contributed by atoms with Crippen LogP contribution in [0.25, 0.3) is 0 Å². The summed E-state index contributed by atoms with van der Waals surface area (Å²) in [7, 11) is 1.36. The first kappa shape index (κ1) is 7.78. The van der Waals surface area contributed by atoms with Gasteiger partial charge in [-0.15, -0.1) is 0 Å². The van der Waals surface area contributed by atoms with Crippen LogP contribution in [0.4, 0.5) is 0 Å². The number of aromatic nitrogens is 2. The molecular formula is C7H10N2O2. The van der Waals surface area contributed by atoms with Gasteiger partial charge in [0.2, 0.25) is 0 Å². The molecule has 60 valence electrons. The summed E-state index contributed by atoms with van der Waals surface area (Å²) in [6.45, 7) is 1.74. The molecule has 1 aromatic heterocycles. The number of hydrogen-bond acceptors (Lipinski definition) is 3. The number of hydrogen-bond donors (Lipinski definition) is 1. The van der Waals surface area contributed by atoms with E-state index in [0.717, 1.165) is 0 Å². The fraction of sp³-hybridized carbons (Fsp3) is 0.429. The Morgan fingerprint density at radius 1 is 1.82 bits per heavy atom. The highest BCUT2D eigenvalue weighted by atomic mass is 16.5. The van der Waals surface area contributed by atoms with E-state index in [1.54, 1.807) is 19.3 Å². The average molecular weight is 154 g/mol. The fourth-order valence-electron chi connectivity index (χ4n) is 0.803. The van der Waals surface area contributed by atoms with Crippen molar-refractivity contribution in [1.29, 1.82) is 0 Å². The predicted octanol–water partition coefficient (Wildman–Crippen LogP) is 0.686. The molecule has 11 heavy (non-hydrogen) atoms. The Bertz CT molecular complexity index is 231. The number of nitrogens with one attached hydrogen (secondary N) is 1. The number of carbonyl (C=O) groups excluding carboxylic acids is 1. The maximum Gasteiger partial charge on any atom is 0.316 e. The van der Waals surface area contributed by atoms with Gasteiger partial charge in [-0.2, -0.15) is 0 Å². The highest BCUT2D eigenvalue weighted by molar-refractivity contribution is 5.76. The van der Waals surface area contributed by atoms with E-state index in [-0.39, 0.29) is 11.9 Å². The molecule has 0 bridgehead atoms. The van der Waals surface area contributed by atoms with E-state index in [1.165, 1.54) is 7.11 Å². The predicted molar refractivity (Wildman–Crippen MR) is 39.0 cm³/mol. The molecule has 0 saturated carbocycles. The topological polar surface area (TPSA) is 55.0 Å². The molecule has 0 aliphatic heterocycles. The van der Waals surface area contributed by atoms with Gasteiger partial charge in [0.05, 0.1) is 7.11 Å². The maximum atomic E-state index is 10.9. The molecule has 0 radical (unpaired) electrons. The minimum Gasteiger partial charge on any atom is -0.468 e. The molecule has 0 aliphatic rings. The monoisotopic (exact) mass is 154 g/mol. The van der Waals surface area contributed by atoms with Crippen LogP contribution in [-0.4, -0.2) is 23.0 Å². The van der Waals surface area contributed by atoms with Crippen molar-refractivity contribution in [3.05, 3.63) is 18.2 Å². The molecule has 1 atom stereocenters. The molecule has 1 unspecified atom stereocenters. The van der Waals surface area contributed by atoms with E-state index in [1.807, 2.05) is 0 Å². The summed E-state index contributed by atoms with van der Waals surface area (Å²) in [5.74, 6) is 0.0480. The highest BCUT2D eigenvalue weighted by Crippen LogP contribution is 2.10. The molecule has 1 rings (SSSR count). The van der Waals surface area contributed by atoms with Crippen LogP contribution in [0.5, 0.6) is 0 Å². The molecular weight excluding hydrogens is 144 g/mol. The van der Waals surface area contributed by atoms with Gasteiger partial charge in [-0.25, -0.2) is 4.98 Å². The van der Waals surface area contributed by atoms with Crippen molar-refractivity contribution in [1.82, 2.24) is 9.97 Å². The second-order valence-corrected chi connectivity index (χ2v) is 2.22. The number of carbonyl (C=O) groups is 1. The molecule has 4 nitrogen and oxygen atoms in total. The molecule has 1 N–H and O–H groups in total. The molecule has 0 amide bonds. The highest BCUT2D eigenvalue weighted by Gasteiger charge is 2.16. The number of aromatic amines is 1. The zero-order valence-corrected chi connectivity index (χ0v) is 6.50. The van der Waals surface area contributed by atoms with Crippen molar-refractivity contribution in [3.63, 3.8) is 0 Å². The molecule has 0 aromatic carbocycles. The SMILES string of the molecule is COC(=O)C(C)c1ncc[nH]1. The summed E-state index contributed by atoms with van der Waals surface area (Å²) < 4.78 is 4.54. The first-order valence-corrected chi connectivity index (χ1v) is 3.33. The van der Waals surface area contributed by atoms with Crippen molar-refractivity contribution in [2.24, 2.45) is 0 Å². The quantitative estimate of drug-likeness (QED) is 0.637. The molecule has 4 heteroatoms. The summed E-state index contributed by atoms with van der Waals surface area (Å²) in [5, 5.41) is 0. The molecule has 1 heterocycles. The lowest BCUT2D eigenvalue weighted by Crippen LogP contribution is -2.11. The molecule has 0 aliphatic carbocycles. The van der Waals surface area contributed by atoms with Gasteiger partial charge in [0.1, 0.15) is 11.7 Å². The third-order valence-corrected chi connectivity index (χ3v) is 1.48. The third-order valence-electron chi connectivity index (χ3n) is 1.48. The van der Waals surface area contributed by atoms with Crippen LogP contribution in [0.15, 0.2) is 12.4 Å². The smallest absolute Gasteiger partial charge is 0.316 e. The fourth-order valence-corrected chi connectivity index (χ4v) is 0.803. The van der Waals surface area contributed by atoms with Gasteiger partial charge in [0, 0.05) is 12.4 Å². The van der Waals surface area contributed by atoms with E-state index in [4.69, 9.17) is 0 Å². The standard InChI is InChI=1S/C7H10N2O2/c1-5(7(10)11-2)6-8-3-4-9-6/h3-5H,1-2H3,(H,8,9). The number of imidazole rings is 1. The van der Waals surface area contributed by atoms with Crippen LogP contribution in [0.2, 0.25) is 0 Å². The van der Waals surface area contributed by atoms with Crippen molar-refractivity contribution in [2.75, 3.05) is 7.11 Å². The summed E-state index contributed by atoms with van der Waals surface area (Å²) in [5.41, 5.74) is 0.